The number of halogens is 1. The molecule has 0 atom stereocenters. The van der Waals surface area contributed by atoms with E-state index in [0.717, 1.165) is 37.1 Å². The van der Waals surface area contributed by atoms with E-state index in [-0.39, 0.29) is 24.0 Å². The van der Waals surface area contributed by atoms with Crippen molar-refractivity contribution in [2.75, 3.05) is 27.2 Å². The first-order valence-corrected chi connectivity index (χ1v) is 6.89. The van der Waals surface area contributed by atoms with Gasteiger partial charge in [0.05, 0.1) is 7.11 Å². The number of hydrogen-bond donors (Lipinski definition) is 2. The Morgan fingerprint density at radius 1 is 1.35 bits per heavy atom. The van der Waals surface area contributed by atoms with E-state index in [1.807, 2.05) is 19.2 Å². The Balaban J connectivity index is 0.00000200. The molecule has 5 heteroatoms. The largest absolute Gasteiger partial charge is 0.497 e. The number of rotatable bonds is 6. The van der Waals surface area contributed by atoms with Crippen LogP contribution in [0.5, 0.6) is 5.75 Å². The zero-order chi connectivity index (χ0) is 13.5. The van der Waals surface area contributed by atoms with E-state index in [1.54, 1.807) is 7.11 Å². The summed E-state index contributed by atoms with van der Waals surface area (Å²) >= 11 is 0. The number of guanidine groups is 1. The van der Waals surface area contributed by atoms with Crippen LogP contribution in [0.4, 0.5) is 0 Å². The van der Waals surface area contributed by atoms with Gasteiger partial charge in [0.2, 0.25) is 0 Å². The Labute approximate surface area is 138 Å². The van der Waals surface area contributed by atoms with Crippen LogP contribution in [0.1, 0.15) is 18.4 Å². The van der Waals surface area contributed by atoms with Crippen molar-refractivity contribution in [1.29, 1.82) is 0 Å². The third-order valence-corrected chi connectivity index (χ3v) is 3.32. The predicted molar refractivity (Wildman–Crippen MR) is 94.2 cm³/mol. The summed E-state index contributed by atoms with van der Waals surface area (Å²) in [4.78, 5) is 4.22. The van der Waals surface area contributed by atoms with Gasteiger partial charge in [0, 0.05) is 20.1 Å². The minimum Gasteiger partial charge on any atom is -0.497 e. The highest BCUT2D eigenvalue weighted by molar-refractivity contribution is 14.0. The number of ether oxygens (including phenoxy) is 1. The molecule has 1 aromatic carbocycles. The molecule has 0 spiro atoms. The van der Waals surface area contributed by atoms with Gasteiger partial charge in [-0.1, -0.05) is 12.1 Å². The molecule has 1 fully saturated rings. The molecule has 1 aliphatic rings. The second-order valence-corrected chi connectivity index (χ2v) is 4.92. The fourth-order valence-electron chi connectivity index (χ4n) is 1.94. The van der Waals surface area contributed by atoms with Crippen molar-refractivity contribution in [3.8, 4) is 5.75 Å². The van der Waals surface area contributed by atoms with Crippen LogP contribution in [-0.4, -0.2) is 33.2 Å². The average molecular weight is 389 g/mol. The number of benzene rings is 1. The van der Waals surface area contributed by atoms with Crippen LogP contribution in [-0.2, 0) is 6.42 Å². The SMILES string of the molecule is CN=C(NCCc1cccc(OC)c1)NCC1CC1.I. The van der Waals surface area contributed by atoms with Gasteiger partial charge in [0.1, 0.15) is 5.75 Å². The second kappa shape index (κ2) is 9.05. The van der Waals surface area contributed by atoms with E-state index >= 15 is 0 Å². The third kappa shape index (κ3) is 5.98. The van der Waals surface area contributed by atoms with E-state index in [1.165, 1.54) is 18.4 Å². The van der Waals surface area contributed by atoms with Gasteiger partial charge in [-0.05, 0) is 42.9 Å². The monoisotopic (exact) mass is 389 g/mol. The average Bonchev–Trinajstić information content (AvgIpc) is 3.27. The second-order valence-electron chi connectivity index (χ2n) is 4.92. The van der Waals surface area contributed by atoms with E-state index in [9.17, 15) is 0 Å². The number of methoxy groups -OCH3 is 1. The standard InChI is InChI=1S/C15H23N3O.HI/c1-16-15(18-11-13-6-7-13)17-9-8-12-4-3-5-14(10-12)19-2;/h3-5,10,13H,6-9,11H2,1-2H3,(H2,16,17,18);1H. The Hall–Kier alpha value is -0.980. The minimum atomic E-state index is 0. The number of hydrogen-bond acceptors (Lipinski definition) is 2. The van der Waals surface area contributed by atoms with Crippen molar-refractivity contribution < 1.29 is 4.74 Å². The Morgan fingerprint density at radius 2 is 2.15 bits per heavy atom. The van der Waals surface area contributed by atoms with Crippen molar-refractivity contribution in [3.63, 3.8) is 0 Å². The molecule has 0 amide bonds. The van der Waals surface area contributed by atoms with Gasteiger partial charge in [-0.15, -0.1) is 24.0 Å². The molecular weight excluding hydrogens is 365 g/mol. The molecule has 4 nitrogen and oxygen atoms in total. The maximum absolute atomic E-state index is 5.22. The van der Waals surface area contributed by atoms with Crippen molar-refractivity contribution in [2.45, 2.75) is 19.3 Å². The molecule has 1 aliphatic carbocycles. The van der Waals surface area contributed by atoms with Crippen molar-refractivity contribution in [3.05, 3.63) is 29.8 Å². The van der Waals surface area contributed by atoms with Crippen LogP contribution < -0.4 is 15.4 Å². The normalized spacial score (nSPS) is 14.4. The molecule has 112 valence electrons. The molecule has 2 rings (SSSR count). The Bertz CT molecular complexity index is 433. The Kier molecular flexibility index (Phi) is 7.72. The maximum Gasteiger partial charge on any atom is 0.190 e. The highest BCUT2D eigenvalue weighted by Crippen LogP contribution is 2.27. The predicted octanol–water partition coefficient (Wildman–Crippen LogP) is 2.43. The van der Waals surface area contributed by atoms with Gasteiger partial charge < -0.3 is 15.4 Å². The molecule has 20 heavy (non-hydrogen) atoms. The van der Waals surface area contributed by atoms with Crippen LogP contribution in [0.25, 0.3) is 0 Å². The summed E-state index contributed by atoms with van der Waals surface area (Å²) in [5.41, 5.74) is 1.27. The fourth-order valence-corrected chi connectivity index (χ4v) is 1.94. The number of nitrogens with one attached hydrogen (secondary N) is 2. The summed E-state index contributed by atoms with van der Waals surface area (Å²) in [5, 5.41) is 6.69. The molecule has 0 bridgehead atoms. The van der Waals surface area contributed by atoms with Crippen LogP contribution in [0.3, 0.4) is 0 Å². The van der Waals surface area contributed by atoms with Gasteiger partial charge in [0.15, 0.2) is 5.96 Å². The van der Waals surface area contributed by atoms with E-state index in [2.05, 4.69) is 27.8 Å². The van der Waals surface area contributed by atoms with Crippen LogP contribution >= 0.6 is 24.0 Å². The zero-order valence-electron chi connectivity index (χ0n) is 12.2. The molecule has 0 unspecified atom stereocenters. The molecule has 1 saturated carbocycles. The van der Waals surface area contributed by atoms with Crippen LogP contribution in [0, 0.1) is 5.92 Å². The van der Waals surface area contributed by atoms with Crippen molar-refractivity contribution in [2.24, 2.45) is 10.9 Å². The maximum atomic E-state index is 5.22. The van der Waals surface area contributed by atoms with Crippen LogP contribution in [0.2, 0.25) is 0 Å². The van der Waals surface area contributed by atoms with Gasteiger partial charge in [-0.3, -0.25) is 4.99 Å². The van der Waals surface area contributed by atoms with Crippen LogP contribution in [0.15, 0.2) is 29.3 Å². The van der Waals surface area contributed by atoms with Gasteiger partial charge >= 0.3 is 0 Å². The lowest BCUT2D eigenvalue weighted by Gasteiger charge is -2.11. The van der Waals surface area contributed by atoms with Gasteiger partial charge in [-0.25, -0.2) is 0 Å². The highest BCUT2D eigenvalue weighted by Gasteiger charge is 2.20. The highest BCUT2D eigenvalue weighted by atomic mass is 127. The first kappa shape index (κ1) is 17.1. The summed E-state index contributed by atoms with van der Waals surface area (Å²) < 4.78 is 5.22. The third-order valence-electron chi connectivity index (χ3n) is 3.32. The summed E-state index contributed by atoms with van der Waals surface area (Å²) in [6.07, 6.45) is 3.67. The first-order valence-electron chi connectivity index (χ1n) is 6.89. The van der Waals surface area contributed by atoms with Crippen molar-refractivity contribution in [1.82, 2.24) is 10.6 Å². The van der Waals surface area contributed by atoms with E-state index in [0.29, 0.717) is 0 Å². The molecule has 0 saturated heterocycles. The number of aliphatic imine (C=N–C) groups is 1. The molecule has 0 aromatic heterocycles. The Morgan fingerprint density at radius 3 is 2.80 bits per heavy atom. The zero-order valence-corrected chi connectivity index (χ0v) is 14.5. The molecule has 0 radical (unpaired) electrons. The lowest BCUT2D eigenvalue weighted by molar-refractivity contribution is 0.414. The fraction of sp³-hybridized carbons (Fsp3) is 0.533. The van der Waals surface area contributed by atoms with Crippen molar-refractivity contribution >= 4 is 29.9 Å². The summed E-state index contributed by atoms with van der Waals surface area (Å²) in [6, 6.07) is 8.17. The first-order chi connectivity index (χ1) is 9.31. The van der Waals surface area contributed by atoms with E-state index < -0.39 is 0 Å². The summed E-state index contributed by atoms with van der Waals surface area (Å²) in [6.45, 7) is 1.91. The van der Waals surface area contributed by atoms with Gasteiger partial charge in [0.25, 0.3) is 0 Å². The smallest absolute Gasteiger partial charge is 0.190 e. The van der Waals surface area contributed by atoms with Gasteiger partial charge in [-0.2, -0.15) is 0 Å². The minimum absolute atomic E-state index is 0. The quantitative estimate of drug-likeness (QED) is 0.446. The summed E-state index contributed by atoms with van der Waals surface area (Å²) in [7, 11) is 3.51. The molecular formula is C15H24IN3O. The molecule has 0 heterocycles. The molecule has 0 aliphatic heterocycles. The number of nitrogens with zero attached hydrogens (tertiary/aromatic N) is 1. The lowest BCUT2D eigenvalue weighted by atomic mass is 10.1. The molecule has 2 N–H and O–H groups in total. The lowest BCUT2D eigenvalue weighted by Crippen LogP contribution is -2.39. The van der Waals surface area contributed by atoms with E-state index in [4.69, 9.17) is 4.74 Å². The summed E-state index contributed by atoms with van der Waals surface area (Å²) in [5.74, 6) is 2.67. The topological polar surface area (TPSA) is 45.7 Å². The molecule has 1 aromatic rings.